The molecule has 3 aromatic rings. The lowest BCUT2D eigenvalue weighted by molar-refractivity contribution is -0.275. The summed E-state index contributed by atoms with van der Waals surface area (Å²) in [7, 11) is 1.81. The van der Waals surface area contributed by atoms with E-state index in [1.54, 1.807) is 23.7 Å². The number of halogens is 3. The summed E-state index contributed by atoms with van der Waals surface area (Å²) in [4.78, 5) is 13.5. The van der Waals surface area contributed by atoms with E-state index >= 15 is 0 Å². The van der Waals surface area contributed by atoms with Gasteiger partial charge in [0.05, 0.1) is 17.3 Å². The predicted molar refractivity (Wildman–Crippen MR) is 148 cm³/mol. The molecule has 2 aliphatic heterocycles. The summed E-state index contributed by atoms with van der Waals surface area (Å²) in [6.45, 7) is 6.81. The molecule has 0 radical (unpaired) electrons. The number of nitrogens with zero attached hydrogens (tertiary/aromatic N) is 3. The van der Waals surface area contributed by atoms with E-state index in [2.05, 4.69) is 14.7 Å². The zero-order valence-electron chi connectivity index (χ0n) is 23.8. The Balaban J connectivity index is 1.34. The lowest BCUT2D eigenvalue weighted by atomic mass is 9.82. The first kappa shape index (κ1) is 29.0. The first-order chi connectivity index (χ1) is 19.3. The Morgan fingerprint density at radius 2 is 1.85 bits per heavy atom. The fraction of sp³-hybridized carbons (Fsp3) is 0.484. The van der Waals surface area contributed by atoms with E-state index in [1.165, 1.54) is 6.07 Å². The van der Waals surface area contributed by atoms with E-state index in [4.69, 9.17) is 4.74 Å². The second-order valence-electron chi connectivity index (χ2n) is 11.5. The van der Waals surface area contributed by atoms with Gasteiger partial charge in [-0.25, -0.2) is 0 Å². The zero-order chi connectivity index (χ0) is 29.5. The van der Waals surface area contributed by atoms with E-state index in [9.17, 15) is 23.1 Å². The minimum absolute atomic E-state index is 0.195. The molecule has 2 unspecified atom stereocenters. The fourth-order valence-electron chi connectivity index (χ4n) is 6.12. The van der Waals surface area contributed by atoms with Gasteiger partial charge in [0.2, 0.25) is 0 Å². The van der Waals surface area contributed by atoms with E-state index < -0.39 is 18.2 Å². The van der Waals surface area contributed by atoms with Crippen molar-refractivity contribution in [1.29, 1.82) is 0 Å². The van der Waals surface area contributed by atoms with Gasteiger partial charge in [0.1, 0.15) is 17.1 Å². The molecule has 7 nitrogen and oxygen atoms in total. The average molecular weight is 572 g/mol. The second-order valence-corrected chi connectivity index (χ2v) is 11.5. The molecule has 0 saturated carbocycles. The van der Waals surface area contributed by atoms with Crippen molar-refractivity contribution in [2.75, 3.05) is 13.1 Å². The van der Waals surface area contributed by atoms with E-state index in [0.717, 1.165) is 59.5 Å². The Labute approximate surface area is 237 Å². The molecular weight excluding hydrogens is 535 g/mol. The number of hydrogen-bond acceptors (Lipinski definition) is 5. The van der Waals surface area contributed by atoms with Gasteiger partial charge in [0.15, 0.2) is 0 Å². The largest absolute Gasteiger partial charge is 0.573 e. The maximum Gasteiger partial charge on any atom is 0.573 e. The number of benzene rings is 2. The van der Waals surface area contributed by atoms with Gasteiger partial charge in [0.25, 0.3) is 0 Å². The van der Waals surface area contributed by atoms with Gasteiger partial charge in [-0.3, -0.25) is 14.4 Å². The molecule has 220 valence electrons. The van der Waals surface area contributed by atoms with Gasteiger partial charge in [-0.15, -0.1) is 13.2 Å². The molecule has 1 saturated heterocycles. The van der Waals surface area contributed by atoms with Crippen molar-refractivity contribution < 1.29 is 32.5 Å². The van der Waals surface area contributed by atoms with E-state index in [0.29, 0.717) is 25.1 Å². The predicted octanol–water partition coefficient (Wildman–Crippen LogP) is 6.48. The molecule has 0 bridgehead atoms. The van der Waals surface area contributed by atoms with Crippen LogP contribution < -0.4 is 9.47 Å². The molecule has 2 aromatic carbocycles. The number of aryl methyl sites for hydroxylation is 3. The van der Waals surface area contributed by atoms with Crippen molar-refractivity contribution in [3.8, 4) is 22.8 Å². The minimum atomic E-state index is -4.80. The van der Waals surface area contributed by atoms with E-state index in [1.807, 2.05) is 45.2 Å². The highest BCUT2D eigenvalue weighted by Gasteiger charge is 2.41. The molecular formula is C31H36F3N3O4. The standard InChI is InChI=1S/C31H36F3N3O4/c1-19(29(38)39)15-22-5-6-23-9-10-30(40-28(23)17-22)11-13-37(14-12-30)21(3)25-18-24(26-16-20(2)35-36(26)4)7-8-27(25)41-31(32,33)34/h5-8,16-19,21H,9-15H2,1-4H3,(H,38,39). The number of alkyl halides is 3. The summed E-state index contributed by atoms with van der Waals surface area (Å²) in [5.41, 5.74) is 4.60. The van der Waals surface area contributed by atoms with Crippen molar-refractivity contribution in [3.63, 3.8) is 0 Å². The van der Waals surface area contributed by atoms with Crippen molar-refractivity contribution in [3.05, 3.63) is 64.8 Å². The number of fused-ring (bicyclic) bond motifs is 1. The number of aromatic nitrogens is 2. The van der Waals surface area contributed by atoms with Crippen LogP contribution in [0.4, 0.5) is 13.2 Å². The highest BCUT2D eigenvalue weighted by Crippen LogP contribution is 2.43. The third kappa shape index (κ3) is 6.37. The molecule has 41 heavy (non-hydrogen) atoms. The van der Waals surface area contributed by atoms with Crippen LogP contribution in [0.1, 0.15) is 61.5 Å². The summed E-state index contributed by atoms with van der Waals surface area (Å²) in [6, 6.07) is 12.4. The summed E-state index contributed by atoms with van der Waals surface area (Å²) in [5, 5.41) is 13.7. The normalized spacial score (nSPS) is 18.4. The van der Waals surface area contributed by atoms with E-state index in [-0.39, 0.29) is 17.4 Å². The quantitative estimate of drug-likeness (QED) is 0.350. The number of rotatable bonds is 7. The Bertz CT molecular complexity index is 1430. The molecule has 0 aliphatic carbocycles. The zero-order valence-corrected chi connectivity index (χ0v) is 23.8. The number of ether oxygens (including phenoxy) is 2. The summed E-state index contributed by atoms with van der Waals surface area (Å²) < 4.78 is 52.7. The summed E-state index contributed by atoms with van der Waals surface area (Å²) in [5.74, 6) is -0.694. The van der Waals surface area contributed by atoms with Crippen molar-refractivity contribution in [2.45, 2.75) is 70.9 Å². The van der Waals surface area contributed by atoms with Crippen LogP contribution in [0, 0.1) is 12.8 Å². The molecule has 0 amide bonds. The molecule has 2 atom stereocenters. The molecule has 5 rings (SSSR count). The maximum atomic E-state index is 13.3. The molecule has 3 heterocycles. The van der Waals surface area contributed by atoms with Crippen LogP contribution in [0.3, 0.4) is 0 Å². The van der Waals surface area contributed by atoms with Crippen LogP contribution in [0.25, 0.3) is 11.3 Å². The van der Waals surface area contributed by atoms with Crippen LogP contribution in [0.2, 0.25) is 0 Å². The van der Waals surface area contributed by atoms with Gasteiger partial charge < -0.3 is 14.6 Å². The lowest BCUT2D eigenvalue weighted by Crippen LogP contribution is -2.50. The van der Waals surface area contributed by atoms with Crippen LogP contribution >= 0.6 is 0 Å². The van der Waals surface area contributed by atoms with Crippen molar-refractivity contribution in [1.82, 2.24) is 14.7 Å². The smallest absolute Gasteiger partial charge is 0.487 e. The first-order valence-electron chi connectivity index (χ1n) is 14.0. The SMILES string of the molecule is Cc1cc(-c2ccc(OC(F)(F)F)c(C(C)N3CCC4(CCc5ccc(CC(C)C(=O)O)cc5O4)CC3)c2)n(C)n1. The number of carbonyl (C=O) groups is 1. The minimum Gasteiger partial charge on any atom is -0.487 e. The Morgan fingerprint density at radius 1 is 1.12 bits per heavy atom. The molecule has 1 spiro atoms. The highest BCUT2D eigenvalue weighted by molar-refractivity contribution is 5.70. The Morgan fingerprint density at radius 3 is 2.49 bits per heavy atom. The van der Waals surface area contributed by atoms with Crippen LogP contribution in [0.5, 0.6) is 11.5 Å². The van der Waals surface area contributed by atoms with Crippen LogP contribution in [-0.2, 0) is 24.7 Å². The number of carboxylic acids is 1. The third-order valence-corrected chi connectivity index (χ3v) is 8.51. The van der Waals surface area contributed by atoms with Gasteiger partial charge in [-0.2, -0.15) is 5.10 Å². The fourth-order valence-corrected chi connectivity index (χ4v) is 6.12. The van der Waals surface area contributed by atoms with Gasteiger partial charge in [-0.1, -0.05) is 19.1 Å². The Kier molecular flexibility index (Phi) is 7.80. The van der Waals surface area contributed by atoms with Crippen molar-refractivity contribution >= 4 is 5.97 Å². The average Bonchev–Trinajstić information content (AvgIpc) is 3.25. The lowest BCUT2D eigenvalue weighted by Gasteiger charge is -2.46. The molecule has 10 heteroatoms. The molecule has 2 aliphatic rings. The first-order valence-corrected chi connectivity index (χ1v) is 14.0. The molecule has 1 fully saturated rings. The molecule has 1 N–H and O–H groups in total. The third-order valence-electron chi connectivity index (χ3n) is 8.51. The summed E-state index contributed by atoms with van der Waals surface area (Å²) >= 11 is 0. The molecule has 1 aromatic heterocycles. The number of likely N-dealkylation sites (tertiary alicyclic amines) is 1. The highest BCUT2D eigenvalue weighted by atomic mass is 19.4. The maximum absolute atomic E-state index is 13.3. The van der Waals surface area contributed by atoms with Gasteiger partial charge in [-0.05, 0) is 87.4 Å². The Hall–Kier alpha value is -3.53. The number of piperidine rings is 1. The van der Waals surface area contributed by atoms with Crippen LogP contribution in [0.15, 0.2) is 42.5 Å². The monoisotopic (exact) mass is 571 g/mol. The second kappa shape index (κ2) is 11.0. The van der Waals surface area contributed by atoms with Gasteiger partial charge in [0, 0.05) is 37.3 Å². The topological polar surface area (TPSA) is 76.8 Å². The van der Waals surface area contributed by atoms with Crippen LogP contribution in [-0.4, -0.2) is 50.8 Å². The van der Waals surface area contributed by atoms with Crippen molar-refractivity contribution in [2.24, 2.45) is 13.0 Å². The van der Waals surface area contributed by atoms with Gasteiger partial charge >= 0.3 is 12.3 Å². The summed E-state index contributed by atoms with van der Waals surface area (Å²) in [6.07, 6.45) is -1.15. The number of hydrogen-bond donors (Lipinski definition) is 1. The number of carboxylic acid groups (broad SMARTS) is 1. The number of aliphatic carboxylic acids is 1.